The van der Waals surface area contributed by atoms with Gasteiger partial charge < -0.3 is 10.1 Å². The van der Waals surface area contributed by atoms with Gasteiger partial charge in [-0.05, 0) is 78.9 Å². The Bertz CT molecular complexity index is 1870. The summed E-state index contributed by atoms with van der Waals surface area (Å²) in [5.41, 5.74) is 5.72. The Morgan fingerprint density at radius 3 is 2.74 bits per heavy atom. The molecule has 0 aliphatic carbocycles. The number of aryl methyl sites for hydroxylation is 2. The quantitative estimate of drug-likeness (QED) is 0.151. The minimum Gasteiger partial charge on any atom is -0.472 e. The average Bonchev–Trinajstić information content (AvgIpc) is 3.45. The van der Waals surface area contributed by atoms with E-state index in [9.17, 15) is 13.9 Å². The number of nitrogens with one attached hydrogen (secondary N) is 1. The van der Waals surface area contributed by atoms with Gasteiger partial charge in [0, 0.05) is 42.8 Å². The number of pyridine rings is 2. The zero-order valence-electron chi connectivity index (χ0n) is 25.8. The van der Waals surface area contributed by atoms with Gasteiger partial charge in [-0.1, -0.05) is 41.9 Å². The number of halogens is 1. The molecule has 46 heavy (non-hydrogen) atoms. The van der Waals surface area contributed by atoms with Gasteiger partial charge in [0.1, 0.15) is 16.5 Å². The largest absolute Gasteiger partial charge is 0.472 e. The van der Waals surface area contributed by atoms with Crippen molar-refractivity contribution in [2.75, 3.05) is 11.9 Å². The highest BCUT2D eigenvalue weighted by Gasteiger charge is 2.36. The SMILES string of the molecule is CCC1CN(Cc2cc(C(CC(=O)Nc3cccnc3)c3ccc4c(nnn4CC)c3C)ccc2Cl)S(O)(O)c2cccnc2O1. The highest BCUT2D eigenvalue weighted by Crippen LogP contribution is 2.57. The molecule has 3 aromatic heterocycles. The molecule has 0 bridgehead atoms. The van der Waals surface area contributed by atoms with Gasteiger partial charge in [-0.15, -0.1) is 15.9 Å². The van der Waals surface area contributed by atoms with Crippen molar-refractivity contribution in [2.24, 2.45) is 0 Å². The molecular weight excluding hydrogens is 626 g/mol. The molecule has 11 nitrogen and oxygen atoms in total. The third-order valence-electron chi connectivity index (χ3n) is 8.34. The summed E-state index contributed by atoms with van der Waals surface area (Å²) in [5, 5.41) is 12.2. The molecule has 0 fully saturated rings. The average molecular weight is 662 g/mol. The normalized spacial score (nSPS) is 17.5. The van der Waals surface area contributed by atoms with Crippen LogP contribution in [0, 0.1) is 6.92 Å². The lowest BCUT2D eigenvalue weighted by Gasteiger charge is -2.41. The first kappa shape index (κ1) is 31.9. The highest BCUT2D eigenvalue weighted by molar-refractivity contribution is 8.22. The number of hydrogen-bond acceptors (Lipinski definition) is 9. The van der Waals surface area contributed by atoms with E-state index in [1.54, 1.807) is 53.2 Å². The van der Waals surface area contributed by atoms with Gasteiger partial charge >= 0.3 is 0 Å². The van der Waals surface area contributed by atoms with E-state index in [-0.39, 0.29) is 48.2 Å². The molecule has 2 unspecified atom stereocenters. The van der Waals surface area contributed by atoms with Crippen molar-refractivity contribution in [1.29, 1.82) is 0 Å². The molecule has 13 heteroatoms. The maximum Gasteiger partial charge on any atom is 0.239 e. The van der Waals surface area contributed by atoms with E-state index in [1.807, 2.05) is 49.7 Å². The van der Waals surface area contributed by atoms with Crippen molar-refractivity contribution in [3.05, 3.63) is 100 Å². The standard InChI is InChI=1S/C33H36ClN7O4S/c1-4-25-20-40(46(43,44)30-9-7-15-36-33(30)45-25)19-23-16-22(10-12-28(23)34)27(17-31(42)37-24-8-6-14-35-18-24)26-11-13-29-32(21(26)3)38-39-41(29)5-2/h6-16,18,25,27,43-44H,4-5,17,19-20H2,1-3H3,(H,37,42). The fourth-order valence-electron chi connectivity index (χ4n) is 5.86. The number of carbonyl (C=O) groups excluding carboxylic acids is 1. The number of benzene rings is 2. The van der Waals surface area contributed by atoms with Crippen molar-refractivity contribution >= 4 is 45.0 Å². The van der Waals surface area contributed by atoms with E-state index >= 15 is 0 Å². The Labute approximate surface area is 274 Å². The third kappa shape index (κ3) is 6.31. The van der Waals surface area contributed by atoms with Gasteiger partial charge in [0.25, 0.3) is 0 Å². The van der Waals surface area contributed by atoms with Gasteiger partial charge in [-0.25, -0.2) is 9.67 Å². The fourth-order valence-corrected chi connectivity index (χ4v) is 7.61. The molecule has 3 N–H and O–H groups in total. The van der Waals surface area contributed by atoms with Gasteiger partial charge in [-0.2, -0.15) is 4.31 Å². The maximum absolute atomic E-state index is 13.5. The summed E-state index contributed by atoms with van der Waals surface area (Å²) in [6.45, 7) is 7.08. The second kappa shape index (κ2) is 13.3. The van der Waals surface area contributed by atoms with Crippen molar-refractivity contribution in [2.45, 2.75) is 63.6 Å². The molecule has 2 atom stereocenters. The zero-order valence-corrected chi connectivity index (χ0v) is 27.4. The van der Waals surface area contributed by atoms with Crippen LogP contribution in [0.4, 0.5) is 5.69 Å². The number of aromatic nitrogens is 5. The van der Waals surface area contributed by atoms with Crippen LogP contribution < -0.4 is 10.1 Å². The van der Waals surface area contributed by atoms with Crippen LogP contribution in [0.25, 0.3) is 11.0 Å². The second-order valence-corrected chi connectivity index (χ2v) is 13.6. The number of carbonyl (C=O) groups is 1. The Balaban J connectivity index is 1.39. The maximum atomic E-state index is 13.5. The first-order valence-electron chi connectivity index (χ1n) is 15.2. The zero-order chi connectivity index (χ0) is 32.4. The summed E-state index contributed by atoms with van der Waals surface area (Å²) in [4.78, 5) is 22.1. The van der Waals surface area contributed by atoms with Gasteiger partial charge in [0.05, 0.1) is 23.9 Å². The highest BCUT2D eigenvalue weighted by atomic mass is 35.5. The third-order valence-corrected chi connectivity index (χ3v) is 10.6. The summed E-state index contributed by atoms with van der Waals surface area (Å²) in [6, 6.07) is 16.5. The van der Waals surface area contributed by atoms with Crippen LogP contribution in [0.2, 0.25) is 5.02 Å². The first-order chi connectivity index (χ1) is 22.2. The number of fused-ring (bicyclic) bond motifs is 2. The predicted molar refractivity (Wildman–Crippen MR) is 179 cm³/mol. The number of ether oxygens (including phenoxy) is 1. The molecule has 0 saturated heterocycles. The summed E-state index contributed by atoms with van der Waals surface area (Å²) in [6.07, 6.45) is 5.30. The summed E-state index contributed by atoms with van der Waals surface area (Å²) in [5.74, 6) is -0.327. The van der Waals surface area contributed by atoms with E-state index in [0.717, 1.165) is 27.7 Å². The number of rotatable bonds is 9. The minimum atomic E-state index is -3.45. The minimum absolute atomic E-state index is 0.133. The van der Waals surface area contributed by atoms with E-state index in [1.165, 1.54) is 0 Å². The molecular formula is C33H36ClN7O4S. The van der Waals surface area contributed by atoms with Crippen molar-refractivity contribution in [3.63, 3.8) is 0 Å². The molecule has 2 aromatic carbocycles. The van der Waals surface area contributed by atoms with E-state index in [4.69, 9.17) is 16.3 Å². The smallest absolute Gasteiger partial charge is 0.239 e. The van der Waals surface area contributed by atoms with Crippen LogP contribution >= 0.6 is 22.4 Å². The molecule has 0 spiro atoms. The van der Waals surface area contributed by atoms with Crippen LogP contribution in [-0.4, -0.2) is 56.9 Å². The Morgan fingerprint density at radius 2 is 1.98 bits per heavy atom. The Morgan fingerprint density at radius 1 is 1.15 bits per heavy atom. The molecule has 5 aromatic rings. The molecule has 240 valence electrons. The molecule has 0 saturated carbocycles. The van der Waals surface area contributed by atoms with Crippen LogP contribution in [0.3, 0.4) is 0 Å². The van der Waals surface area contributed by atoms with Gasteiger partial charge in [-0.3, -0.25) is 18.9 Å². The molecule has 1 aliphatic heterocycles. The molecule has 1 amide bonds. The van der Waals surface area contributed by atoms with E-state index in [2.05, 4.69) is 25.6 Å². The van der Waals surface area contributed by atoms with Crippen LogP contribution in [0.1, 0.15) is 54.9 Å². The molecule has 1 aliphatic rings. The molecule has 0 radical (unpaired) electrons. The van der Waals surface area contributed by atoms with E-state index in [0.29, 0.717) is 29.2 Å². The van der Waals surface area contributed by atoms with Crippen molar-refractivity contribution < 1.29 is 18.6 Å². The van der Waals surface area contributed by atoms with Crippen molar-refractivity contribution in [3.8, 4) is 5.88 Å². The lowest BCUT2D eigenvalue weighted by Crippen LogP contribution is -2.34. The topological polar surface area (TPSA) is 139 Å². The summed E-state index contributed by atoms with van der Waals surface area (Å²) >= 11 is 6.78. The first-order valence-corrected chi connectivity index (χ1v) is 17.0. The van der Waals surface area contributed by atoms with Gasteiger partial charge in [0.15, 0.2) is 0 Å². The van der Waals surface area contributed by atoms with Crippen LogP contribution in [-0.2, 0) is 17.9 Å². The van der Waals surface area contributed by atoms with Gasteiger partial charge in [0.2, 0.25) is 11.8 Å². The van der Waals surface area contributed by atoms with E-state index < -0.39 is 10.8 Å². The predicted octanol–water partition coefficient (Wildman–Crippen LogP) is 7.06. The Kier molecular flexibility index (Phi) is 9.25. The number of anilines is 1. The lowest BCUT2D eigenvalue weighted by atomic mass is 9.84. The Hall–Kier alpha value is -4.07. The monoisotopic (exact) mass is 661 g/mol. The number of hydrogen-bond donors (Lipinski definition) is 3. The molecule has 6 rings (SSSR count). The van der Waals surface area contributed by atoms with Crippen LogP contribution in [0.15, 0.2) is 78.1 Å². The van der Waals surface area contributed by atoms with Crippen LogP contribution in [0.5, 0.6) is 5.88 Å². The summed E-state index contributed by atoms with van der Waals surface area (Å²) < 4.78 is 32.6. The lowest BCUT2D eigenvalue weighted by molar-refractivity contribution is -0.116. The van der Waals surface area contributed by atoms with Crippen molar-refractivity contribution in [1.82, 2.24) is 29.3 Å². The fraction of sp³-hybridized carbons (Fsp3) is 0.303. The molecule has 4 heterocycles. The number of amides is 1. The second-order valence-electron chi connectivity index (χ2n) is 11.2. The number of nitrogens with zero attached hydrogens (tertiary/aromatic N) is 6. The summed E-state index contributed by atoms with van der Waals surface area (Å²) in [7, 11) is -3.45.